The SMILES string of the molecule is C[C@H]1CC1[C@H]1C(N)CC[C@H]2C(=O)NCC12. The molecule has 3 rings (SSSR count). The lowest BCUT2D eigenvalue weighted by molar-refractivity contribution is -0.124. The molecule has 0 aromatic carbocycles. The number of nitrogens with two attached hydrogens (primary N) is 1. The highest BCUT2D eigenvalue weighted by atomic mass is 16.2. The molecule has 1 saturated heterocycles. The standard InChI is InChI=1S/C12H20N2O/c1-6-4-8(6)11-9-5-14-12(15)7(9)2-3-10(11)13/h6-11H,2-5,13H2,1H3,(H,14,15)/t6-,7+,8?,9?,10?,11+/m0/s1. The van der Waals surface area contributed by atoms with Gasteiger partial charge in [-0.05, 0) is 42.9 Å². The van der Waals surface area contributed by atoms with Crippen LogP contribution in [0.15, 0.2) is 0 Å². The van der Waals surface area contributed by atoms with Crippen molar-refractivity contribution in [3.8, 4) is 0 Å². The van der Waals surface area contributed by atoms with Crippen molar-refractivity contribution in [3.63, 3.8) is 0 Å². The van der Waals surface area contributed by atoms with E-state index >= 15 is 0 Å². The minimum atomic E-state index is 0.280. The average Bonchev–Trinajstić information content (AvgIpc) is 2.79. The molecule has 0 aromatic heterocycles. The Bertz CT molecular complexity index is 289. The molecule has 2 aliphatic carbocycles. The Kier molecular flexibility index (Phi) is 2.06. The van der Waals surface area contributed by atoms with E-state index in [1.807, 2.05) is 0 Å². The second-order valence-corrected chi connectivity index (χ2v) is 5.71. The zero-order valence-corrected chi connectivity index (χ0v) is 9.28. The fraction of sp³-hybridized carbons (Fsp3) is 0.917. The van der Waals surface area contributed by atoms with Crippen molar-refractivity contribution in [3.05, 3.63) is 0 Å². The van der Waals surface area contributed by atoms with Gasteiger partial charge in [-0.25, -0.2) is 0 Å². The third-order valence-corrected chi connectivity index (χ3v) is 4.83. The van der Waals surface area contributed by atoms with Crippen LogP contribution in [-0.2, 0) is 4.79 Å². The molecule has 0 spiro atoms. The molecule has 1 aliphatic heterocycles. The van der Waals surface area contributed by atoms with Crippen LogP contribution in [0.1, 0.15) is 26.2 Å². The molecule has 0 radical (unpaired) electrons. The Hall–Kier alpha value is -0.570. The summed E-state index contributed by atoms with van der Waals surface area (Å²) in [5.41, 5.74) is 6.24. The van der Waals surface area contributed by atoms with Gasteiger partial charge in [0.05, 0.1) is 0 Å². The normalized spacial score (nSPS) is 53.6. The van der Waals surface area contributed by atoms with Crippen LogP contribution in [0.2, 0.25) is 0 Å². The van der Waals surface area contributed by atoms with Gasteiger partial charge < -0.3 is 11.1 Å². The van der Waals surface area contributed by atoms with Gasteiger partial charge in [-0.3, -0.25) is 4.79 Å². The minimum absolute atomic E-state index is 0.280. The summed E-state index contributed by atoms with van der Waals surface area (Å²) in [5.74, 6) is 3.36. The zero-order valence-electron chi connectivity index (χ0n) is 9.28. The van der Waals surface area contributed by atoms with E-state index in [-0.39, 0.29) is 11.8 Å². The van der Waals surface area contributed by atoms with Crippen molar-refractivity contribution in [1.29, 1.82) is 0 Å². The third kappa shape index (κ3) is 1.40. The first kappa shape index (κ1) is 9.64. The number of nitrogens with one attached hydrogen (secondary N) is 1. The molecule has 1 amide bonds. The van der Waals surface area contributed by atoms with Gasteiger partial charge in [0, 0.05) is 18.5 Å². The number of carbonyl (C=O) groups excluding carboxylic acids is 1. The van der Waals surface area contributed by atoms with Crippen LogP contribution in [0.5, 0.6) is 0 Å². The lowest BCUT2D eigenvalue weighted by Crippen LogP contribution is -2.44. The van der Waals surface area contributed by atoms with Crippen LogP contribution in [0.4, 0.5) is 0 Å². The van der Waals surface area contributed by atoms with E-state index in [0.29, 0.717) is 17.9 Å². The summed E-state index contributed by atoms with van der Waals surface area (Å²) in [5, 5.41) is 3.02. The summed E-state index contributed by atoms with van der Waals surface area (Å²) in [4.78, 5) is 11.6. The van der Waals surface area contributed by atoms with E-state index < -0.39 is 0 Å². The Morgan fingerprint density at radius 2 is 2.07 bits per heavy atom. The smallest absolute Gasteiger partial charge is 0.223 e. The predicted octanol–water partition coefficient (Wildman–Crippen LogP) is 0.742. The molecule has 3 aliphatic rings. The lowest BCUT2D eigenvalue weighted by atomic mass is 9.68. The van der Waals surface area contributed by atoms with E-state index in [4.69, 9.17) is 5.73 Å². The van der Waals surface area contributed by atoms with Crippen LogP contribution in [-0.4, -0.2) is 18.5 Å². The molecule has 3 nitrogen and oxygen atoms in total. The van der Waals surface area contributed by atoms with Gasteiger partial charge >= 0.3 is 0 Å². The first-order valence-corrected chi connectivity index (χ1v) is 6.21. The van der Waals surface area contributed by atoms with Crippen molar-refractivity contribution in [2.24, 2.45) is 35.3 Å². The summed E-state index contributed by atoms with van der Waals surface area (Å²) in [6.45, 7) is 3.19. The van der Waals surface area contributed by atoms with Crippen molar-refractivity contribution in [2.45, 2.75) is 32.2 Å². The minimum Gasteiger partial charge on any atom is -0.356 e. The number of fused-ring (bicyclic) bond motifs is 1. The maximum atomic E-state index is 11.6. The molecule has 3 N–H and O–H groups in total. The number of rotatable bonds is 1. The summed E-state index contributed by atoms with van der Waals surface area (Å²) >= 11 is 0. The van der Waals surface area contributed by atoms with Crippen LogP contribution >= 0.6 is 0 Å². The molecule has 6 atom stereocenters. The van der Waals surface area contributed by atoms with Crippen LogP contribution in [0.3, 0.4) is 0 Å². The topological polar surface area (TPSA) is 55.1 Å². The number of carbonyl (C=O) groups is 1. The monoisotopic (exact) mass is 208 g/mol. The quantitative estimate of drug-likeness (QED) is 0.668. The zero-order chi connectivity index (χ0) is 10.6. The molecule has 0 aromatic rings. The molecule has 1 heterocycles. The molecule has 84 valence electrons. The van der Waals surface area contributed by atoms with Crippen molar-refractivity contribution < 1.29 is 4.79 Å². The van der Waals surface area contributed by atoms with Gasteiger partial charge in [0.25, 0.3) is 0 Å². The van der Waals surface area contributed by atoms with Gasteiger partial charge in [0.2, 0.25) is 5.91 Å². The highest BCUT2D eigenvalue weighted by molar-refractivity contribution is 5.81. The van der Waals surface area contributed by atoms with E-state index in [0.717, 1.165) is 31.2 Å². The van der Waals surface area contributed by atoms with Gasteiger partial charge in [0.1, 0.15) is 0 Å². The molecule has 0 bridgehead atoms. The molecule has 3 heteroatoms. The Morgan fingerprint density at radius 1 is 1.33 bits per heavy atom. The molecular weight excluding hydrogens is 188 g/mol. The summed E-state index contributed by atoms with van der Waals surface area (Å²) in [7, 11) is 0. The molecular formula is C12H20N2O. The summed E-state index contributed by atoms with van der Waals surface area (Å²) in [6, 6.07) is 0.342. The number of hydrogen-bond acceptors (Lipinski definition) is 2. The molecule has 2 saturated carbocycles. The van der Waals surface area contributed by atoms with E-state index in [1.165, 1.54) is 6.42 Å². The Labute approximate surface area is 90.8 Å². The van der Waals surface area contributed by atoms with Crippen LogP contribution < -0.4 is 11.1 Å². The highest BCUT2D eigenvalue weighted by Gasteiger charge is 2.52. The Morgan fingerprint density at radius 3 is 2.73 bits per heavy atom. The second-order valence-electron chi connectivity index (χ2n) is 5.71. The average molecular weight is 208 g/mol. The highest BCUT2D eigenvalue weighted by Crippen LogP contribution is 2.52. The molecule has 3 unspecified atom stereocenters. The maximum Gasteiger partial charge on any atom is 0.223 e. The second kappa shape index (κ2) is 3.21. The van der Waals surface area contributed by atoms with Gasteiger partial charge in [-0.2, -0.15) is 0 Å². The third-order valence-electron chi connectivity index (χ3n) is 4.83. The predicted molar refractivity (Wildman–Crippen MR) is 58.0 cm³/mol. The van der Waals surface area contributed by atoms with Crippen LogP contribution in [0, 0.1) is 29.6 Å². The number of amides is 1. The Balaban J connectivity index is 1.81. The maximum absolute atomic E-state index is 11.6. The lowest BCUT2D eigenvalue weighted by Gasteiger charge is -2.37. The molecule has 3 fully saturated rings. The van der Waals surface area contributed by atoms with E-state index in [2.05, 4.69) is 12.2 Å². The van der Waals surface area contributed by atoms with Crippen LogP contribution in [0.25, 0.3) is 0 Å². The van der Waals surface area contributed by atoms with Gasteiger partial charge in [-0.15, -0.1) is 0 Å². The fourth-order valence-electron chi connectivity index (χ4n) is 3.84. The first-order chi connectivity index (χ1) is 7.18. The van der Waals surface area contributed by atoms with E-state index in [9.17, 15) is 4.79 Å². The largest absolute Gasteiger partial charge is 0.356 e. The first-order valence-electron chi connectivity index (χ1n) is 6.21. The van der Waals surface area contributed by atoms with Gasteiger partial charge in [-0.1, -0.05) is 6.92 Å². The number of hydrogen-bond donors (Lipinski definition) is 2. The van der Waals surface area contributed by atoms with Crippen molar-refractivity contribution in [2.75, 3.05) is 6.54 Å². The summed E-state index contributed by atoms with van der Waals surface area (Å²) in [6.07, 6.45) is 3.38. The molecule has 15 heavy (non-hydrogen) atoms. The van der Waals surface area contributed by atoms with Crippen molar-refractivity contribution in [1.82, 2.24) is 5.32 Å². The van der Waals surface area contributed by atoms with Gasteiger partial charge in [0.15, 0.2) is 0 Å². The summed E-state index contributed by atoms with van der Waals surface area (Å²) < 4.78 is 0. The van der Waals surface area contributed by atoms with Crippen molar-refractivity contribution >= 4 is 5.91 Å². The van der Waals surface area contributed by atoms with E-state index in [1.54, 1.807) is 0 Å². The fourth-order valence-corrected chi connectivity index (χ4v) is 3.84.